The Morgan fingerprint density at radius 1 is 0.507 bits per heavy atom. The molecule has 0 aliphatic carbocycles. The first-order valence-electron chi connectivity index (χ1n) is 26.3. The Morgan fingerprint density at radius 3 is 1.51 bits per heavy atom. The van der Waals surface area contributed by atoms with Crippen LogP contribution in [-0.2, 0) is 33.2 Å². The lowest BCUT2D eigenvalue weighted by atomic mass is 9.96. The van der Waals surface area contributed by atoms with Crippen molar-refractivity contribution in [2.45, 2.75) is 221 Å². The van der Waals surface area contributed by atoms with Crippen LogP contribution in [-0.4, -0.2) is 193 Å². The van der Waals surface area contributed by atoms with Gasteiger partial charge in [0, 0.05) is 6.42 Å². The Kier molecular flexibility index (Phi) is 33.2. The number of hydrogen-bond donors (Lipinski definition) is 12. The first kappa shape index (κ1) is 64.3. The minimum Gasteiger partial charge on any atom is -0.394 e. The lowest BCUT2D eigenvalue weighted by molar-refractivity contribution is -0.379. The van der Waals surface area contributed by atoms with Crippen LogP contribution in [0.15, 0.2) is 85.1 Å². The number of allylic oxidation sites excluding steroid dienone is 12. The summed E-state index contributed by atoms with van der Waals surface area (Å²) < 4.78 is 34.0. The normalized spacial score (nSPS) is 32.4. The summed E-state index contributed by atoms with van der Waals surface area (Å²) in [7, 11) is 0. The third-order valence-corrected chi connectivity index (χ3v) is 12.7. The molecule has 0 spiro atoms. The van der Waals surface area contributed by atoms with Gasteiger partial charge >= 0.3 is 0 Å². The van der Waals surface area contributed by atoms with E-state index in [-0.39, 0.29) is 6.42 Å². The molecule has 12 N–H and O–H groups in total. The summed E-state index contributed by atoms with van der Waals surface area (Å²) in [4.78, 5) is 13.2. The van der Waals surface area contributed by atoms with Gasteiger partial charge in [0.15, 0.2) is 18.9 Å². The Balaban J connectivity index is 1.60. The average Bonchev–Trinajstić information content (AvgIpc) is 3.39. The molecule has 3 aliphatic rings. The highest BCUT2D eigenvalue weighted by molar-refractivity contribution is 5.77. The molecule has 0 saturated carbocycles. The molecular weight excluding hydrogens is 951 g/mol. The third-order valence-electron chi connectivity index (χ3n) is 12.7. The van der Waals surface area contributed by atoms with Crippen molar-refractivity contribution in [3.05, 3.63) is 85.1 Å². The monoisotopic (exact) mass is 1040 g/mol. The molecule has 3 saturated heterocycles. The van der Waals surface area contributed by atoms with Crippen molar-refractivity contribution in [2.75, 3.05) is 26.4 Å². The average molecular weight is 1040 g/mol. The number of amides is 1. The highest BCUT2D eigenvalue weighted by Gasteiger charge is 2.53. The summed E-state index contributed by atoms with van der Waals surface area (Å²) in [6, 6.07) is -1.05. The Hall–Kier alpha value is -3.03. The molecule has 0 aromatic heterocycles. The first-order valence-corrected chi connectivity index (χ1v) is 26.3. The number of nitrogens with one attached hydrogen (secondary N) is 1. The lowest BCUT2D eigenvalue weighted by Crippen LogP contribution is -2.66. The molecule has 0 aromatic carbocycles. The van der Waals surface area contributed by atoms with Crippen LogP contribution < -0.4 is 5.32 Å². The zero-order chi connectivity index (χ0) is 53.4. The smallest absolute Gasteiger partial charge is 0.224 e. The maximum atomic E-state index is 13.2. The number of unbranched alkanes of at least 4 members (excludes halogenated alkanes) is 8. The van der Waals surface area contributed by atoms with E-state index in [9.17, 15) is 61.0 Å². The van der Waals surface area contributed by atoms with E-state index in [0.29, 0.717) is 12.8 Å². The predicted molar refractivity (Wildman–Crippen MR) is 272 cm³/mol. The predicted octanol–water partition coefficient (Wildman–Crippen LogP) is 2.47. The molecule has 19 nitrogen and oxygen atoms in total. The van der Waals surface area contributed by atoms with E-state index in [4.69, 9.17) is 28.4 Å². The van der Waals surface area contributed by atoms with E-state index in [1.54, 1.807) is 18.2 Å². The van der Waals surface area contributed by atoms with Crippen LogP contribution in [0, 0.1) is 0 Å². The molecule has 3 fully saturated rings. The van der Waals surface area contributed by atoms with Crippen LogP contribution in [0.3, 0.4) is 0 Å². The zero-order valence-corrected chi connectivity index (χ0v) is 42.8. The van der Waals surface area contributed by atoms with Gasteiger partial charge in [0.2, 0.25) is 5.91 Å². The minimum absolute atomic E-state index is 0.00158. The van der Waals surface area contributed by atoms with Gasteiger partial charge in [0.05, 0.1) is 38.6 Å². The van der Waals surface area contributed by atoms with Crippen molar-refractivity contribution in [1.82, 2.24) is 5.32 Å². The first-order chi connectivity index (χ1) is 35.3. The van der Waals surface area contributed by atoms with E-state index in [2.05, 4.69) is 67.8 Å². The SMILES string of the molecule is CC/C=C\C/C=C\C/C=C\C/C=C\C/C=C\CC(=O)NC(COC1OC(CO)C(OC2OC(CO)C(OC3OC(CO)C(O)C(O)C3O)C(O)C2O)C(O)C1O)C(O)/C=C/CC/C=C/CCCCCCCCC. The van der Waals surface area contributed by atoms with Crippen LogP contribution in [0.2, 0.25) is 0 Å². The summed E-state index contributed by atoms with van der Waals surface area (Å²) in [5, 5.41) is 119. The summed E-state index contributed by atoms with van der Waals surface area (Å²) in [5.74, 6) is -0.419. The van der Waals surface area contributed by atoms with Crippen LogP contribution in [0.4, 0.5) is 0 Å². The standard InChI is InChI=1S/C54H89NO18/c1-3-5-7-9-11-13-15-17-18-20-22-24-26-28-30-32-42(60)55-37(38(59)31-29-27-25-23-21-19-16-14-12-10-8-6-4-2)36-68-52-48(66)45(63)50(40(34-57)70-52)73-54-49(67)46(64)51(41(35-58)71-54)72-53-47(65)44(62)43(61)39(33-56)69-53/h5,7,11,13,17-18,21-24,28-31,37-41,43-54,56-59,61-67H,3-4,6,8-10,12,14-16,19-20,25-27,32-36H2,1-2H3,(H,55,60)/b7-5-,13-11-,18-17-,23-21+,24-22-,30-28-,31-29+. The molecule has 17 unspecified atom stereocenters. The molecule has 0 aromatic rings. The third kappa shape index (κ3) is 23.0. The van der Waals surface area contributed by atoms with E-state index < -0.39 is 137 Å². The number of ether oxygens (including phenoxy) is 6. The molecule has 17 atom stereocenters. The van der Waals surface area contributed by atoms with Gasteiger partial charge in [0.1, 0.15) is 73.2 Å². The Bertz CT molecular complexity index is 1670. The largest absolute Gasteiger partial charge is 0.394 e. The fourth-order valence-corrected chi connectivity index (χ4v) is 8.33. The number of aliphatic hydroxyl groups excluding tert-OH is 11. The zero-order valence-electron chi connectivity index (χ0n) is 42.8. The molecule has 3 aliphatic heterocycles. The van der Waals surface area contributed by atoms with Crippen molar-refractivity contribution in [1.29, 1.82) is 0 Å². The van der Waals surface area contributed by atoms with Crippen molar-refractivity contribution < 1.29 is 89.4 Å². The van der Waals surface area contributed by atoms with Crippen LogP contribution in [0.5, 0.6) is 0 Å². The summed E-state index contributed by atoms with van der Waals surface area (Å²) in [6.07, 6.45) is 16.2. The van der Waals surface area contributed by atoms with Crippen molar-refractivity contribution >= 4 is 5.91 Å². The molecule has 0 bridgehead atoms. The minimum atomic E-state index is -1.99. The number of carbonyl (C=O) groups excluding carboxylic acids is 1. The van der Waals surface area contributed by atoms with Crippen molar-refractivity contribution in [3.63, 3.8) is 0 Å². The van der Waals surface area contributed by atoms with Crippen molar-refractivity contribution in [2.24, 2.45) is 0 Å². The molecule has 19 heteroatoms. The van der Waals surface area contributed by atoms with Gasteiger partial charge < -0.3 is 89.9 Å². The van der Waals surface area contributed by atoms with E-state index in [1.165, 1.54) is 38.5 Å². The molecular formula is C54H89NO18. The maximum absolute atomic E-state index is 13.2. The molecule has 1 amide bonds. The van der Waals surface area contributed by atoms with Gasteiger partial charge in [-0.25, -0.2) is 0 Å². The molecule has 3 rings (SSSR count). The van der Waals surface area contributed by atoms with E-state index in [1.807, 2.05) is 18.2 Å². The molecule has 418 valence electrons. The van der Waals surface area contributed by atoms with E-state index >= 15 is 0 Å². The second-order valence-electron chi connectivity index (χ2n) is 18.6. The van der Waals surface area contributed by atoms with Gasteiger partial charge in [-0.2, -0.15) is 0 Å². The van der Waals surface area contributed by atoms with E-state index in [0.717, 1.165) is 44.9 Å². The molecule has 3 heterocycles. The van der Waals surface area contributed by atoms with Gasteiger partial charge in [-0.3, -0.25) is 4.79 Å². The van der Waals surface area contributed by atoms with Gasteiger partial charge in [-0.15, -0.1) is 0 Å². The quantitative estimate of drug-likeness (QED) is 0.0321. The van der Waals surface area contributed by atoms with Crippen LogP contribution in [0.1, 0.15) is 117 Å². The second kappa shape index (κ2) is 37.7. The number of rotatable bonds is 35. The highest BCUT2D eigenvalue weighted by Crippen LogP contribution is 2.33. The fourth-order valence-electron chi connectivity index (χ4n) is 8.33. The van der Waals surface area contributed by atoms with Crippen molar-refractivity contribution in [3.8, 4) is 0 Å². The lowest BCUT2D eigenvalue weighted by Gasteiger charge is -2.48. The maximum Gasteiger partial charge on any atom is 0.224 e. The van der Waals surface area contributed by atoms with Crippen LogP contribution in [0.25, 0.3) is 0 Å². The fraction of sp³-hybridized carbons (Fsp3) is 0.722. The number of hydrogen-bond acceptors (Lipinski definition) is 18. The molecule has 0 radical (unpaired) electrons. The van der Waals surface area contributed by atoms with Crippen LogP contribution >= 0.6 is 0 Å². The topological polar surface area (TPSA) is 307 Å². The number of carbonyl (C=O) groups is 1. The van der Waals surface area contributed by atoms with Gasteiger partial charge in [0.25, 0.3) is 0 Å². The van der Waals surface area contributed by atoms with Gasteiger partial charge in [-0.1, -0.05) is 137 Å². The Labute approximate surface area is 431 Å². The second-order valence-corrected chi connectivity index (χ2v) is 18.6. The molecule has 73 heavy (non-hydrogen) atoms. The summed E-state index contributed by atoms with van der Waals surface area (Å²) in [5.41, 5.74) is 0. The number of aliphatic hydroxyl groups is 11. The highest BCUT2D eigenvalue weighted by atomic mass is 16.8. The van der Waals surface area contributed by atoms with Gasteiger partial charge in [-0.05, 0) is 57.8 Å². The summed E-state index contributed by atoms with van der Waals surface area (Å²) >= 11 is 0. The Morgan fingerprint density at radius 2 is 0.959 bits per heavy atom. The summed E-state index contributed by atoms with van der Waals surface area (Å²) in [6.45, 7) is 1.45.